The Hall–Kier alpha value is -3.88. The van der Waals surface area contributed by atoms with Crippen LogP contribution in [0.25, 0.3) is 5.69 Å². The lowest BCUT2D eigenvalue weighted by atomic mass is 10.1. The number of amides is 3. The van der Waals surface area contributed by atoms with Gasteiger partial charge in [0, 0.05) is 6.54 Å². The number of benzene rings is 2. The molecule has 0 aliphatic carbocycles. The van der Waals surface area contributed by atoms with Gasteiger partial charge in [0.15, 0.2) is 5.69 Å². The van der Waals surface area contributed by atoms with Gasteiger partial charge in [-0.05, 0) is 42.7 Å². The molecule has 1 aliphatic rings. The predicted octanol–water partition coefficient (Wildman–Crippen LogP) is 1.77. The molecule has 3 amide bonds. The smallest absolute Gasteiger partial charge is 0.276 e. The molecule has 4 rings (SSSR count). The van der Waals surface area contributed by atoms with Crippen molar-refractivity contribution in [1.82, 2.24) is 24.8 Å². The molecule has 0 unspecified atom stereocenters. The van der Waals surface area contributed by atoms with Gasteiger partial charge in [0.05, 0.1) is 11.9 Å². The summed E-state index contributed by atoms with van der Waals surface area (Å²) in [6.45, 7) is 1.48. The van der Waals surface area contributed by atoms with E-state index in [9.17, 15) is 18.8 Å². The Morgan fingerprint density at radius 1 is 1.06 bits per heavy atom. The molecular weight excluding hydrogens is 401 g/mol. The van der Waals surface area contributed by atoms with Gasteiger partial charge >= 0.3 is 0 Å². The fourth-order valence-corrected chi connectivity index (χ4v) is 3.39. The van der Waals surface area contributed by atoms with Gasteiger partial charge in [0.25, 0.3) is 5.91 Å². The Labute approximate surface area is 177 Å². The second kappa shape index (κ2) is 8.47. The first kappa shape index (κ1) is 20.4. The summed E-state index contributed by atoms with van der Waals surface area (Å²) >= 11 is 0. The van der Waals surface area contributed by atoms with Crippen molar-refractivity contribution in [1.29, 1.82) is 0 Å². The number of imide groups is 1. The van der Waals surface area contributed by atoms with E-state index in [1.54, 1.807) is 13.0 Å². The molecule has 1 fully saturated rings. The summed E-state index contributed by atoms with van der Waals surface area (Å²) in [6.07, 6.45) is 1.95. The van der Waals surface area contributed by atoms with Crippen molar-refractivity contribution in [3.8, 4) is 5.69 Å². The molecule has 0 bridgehead atoms. The monoisotopic (exact) mass is 421 g/mol. The third-order valence-electron chi connectivity index (χ3n) is 5.13. The van der Waals surface area contributed by atoms with Gasteiger partial charge in [-0.15, -0.1) is 5.10 Å². The number of piperazine rings is 1. The fourth-order valence-electron chi connectivity index (χ4n) is 3.39. The number of aryl methyl sites for hydroxylation is 1. The number of aromatic nitrogens is 3. The van der Waals surface area contributed by atoms with E-state index in [4.69, 9.17) is 0 Å². The lowest BCUT2D eigenvalue weighted by Crippen LogP contribution is -2.56. The van der Waals surface area contributed by atoms with Crippen LogP contribution in [0.2, 0.25) is 0 Å². The molecule has 9 heteroatoms. The van der Waals surface area contributed by atoms with E-state index in [-0.39, 0.29) is 31.1 Å². The van der Waals surface area contributed by atoms with Crippen LogP contribution in [0.1, 0.15) is 21.6 Å². The van der Waals surface area contributed by atoms with Crippen molar-refractivity contribution in [2.75, 3.05) is 19.6 Å². The first-order valence-corrected chi connectivity index (χ1v) is 9.77. The summed E-state index contributed by atoms with van der Waals surface area (Å²) in [5.74, 6) is -1.76. The number of nitrogens with zero attached hydrogens (tertiary/aromatic N) is 5. The van der Waals surface area contributed by atoms with Crippen LogP contribution in [0.3, 0.4) is 0 Å². The van der Waals surface area contributed by atoms with Crippen LogP contribution in [0.5, 0.6) is 0 Å². The van der Waals surface area contributed by atoms with Gasteiger partial charge in [-0.2, -0.15) is 0 Å². The molecule has 0 spiro atoms. The molecule has 3 aromatic rings. The highest BCUT2D eigenvalue weighted by atomic mass is 19.1. The van der Waals surface area contributed by atoms with E-state index in [0.717, 1.165) is 10.5 Å². The summed E-state index contributed by atoms with van der Waals surface area (Å²) in [4.78, 5) is 40.1. The van der Waals surface area contributed by atoms with Crippen LogP contribution in [-0.2, 0) is 16.0 Å². The summed E-state index contributed by atoms with van der Waals surface area (Å²) in [6, 6.07) is 14.0. The van der Waals surface area contributed by atoms with Crippen molar-refractivity contribution in [3.63, 3.8) is 0 Å². The first-order chi connectivity index (χ1) is 14.9. The molecule has 8 nitrogen and oxygen atoms in total. The third-order valence-corrected chi connectivity index (χ3v) is 5.13. The van der Waals surface area contributed by atoms with Crippen LogP contribution in [0.4, 0.5) is 4.39 Å². The topological polar surface area (TPSA) is 88.4 Å². The molecule has 2 aromatic carbocycles. The van der Waals surface area contributed by atoms with Gasteiger partial charge in [-0.1, -0.05) is 35.5 Å². The molecule has 1 aromatic heterocycles. The van der Waals surface area contributed by atoms with Crippen molar-refractivity contribution in [2.45, 2.75) is 13.3 Å². The molecule has 0 saturated carbocycles. The minimum absolute atomic E-state index is 0.000290. The van der Waals surface area contributed by atoms with E-state index in [1.807, 2.05) is 30.3 Å². The summed E-state index contributed by atoms with van der Waals surface area (Å²) in [5, 5.41) is 7.76. The molecule has 0 radical (unpaired) electrons. The molecular formula is C22H20FN5O3. The van der Waals surface area contributed by atoms with Crippen molar-refractivity contribution in [2.24, 2.45) is 0 Å². The van der Waals surface area contributed by atoms with Crippen LogP contribution in [0, 0.1) is 12.7 Å². The van der Waals surface area contributed by atoms with Crippen LogP contribution >= 0.6 is 0 Å². The second-order valence-corrected chi connectivity index (χ2v) is 7.32. The highest BCUT2D eigenvalue weighted by Crippen LogP contribution is 2.15. The SMILES string of the molecule is Cc1cc(-n2cc(C(=O)N3CC(=O)N(CCc4ccccc4)C(=O)C3)nn2)ccc1F. The lowest BCUT2D eigenvalue weighted by Gasteiger charge is -2.32. The van der Waals surface area contributed by atoms with Gasteiger partial charge in [-0.3, -0.25) is 19.3 Å². The quantitative estimate of drug-likeness (QED) is 0.586. The number of halogens is 1. The zero-order valence-corrected chi connectivity index (χ0v) is 16.9. The Morgan fingerprint density at radius 3 is 2.45 bits per heavy atom. The van der Waals surface area contributed by atoms with E-state index in [1.165, 1.54) is 27.9 Å². The Balaban J connectivity index is 1.42. The number of carbonyl (C=O) groups excluding carboxylic acids is 3. The maximum atomic E-state index is 13.5. The van der Waals surface area contributed by atoms with E-state index in [0.29, 0.717) is 17.7 Å². The van der Waals surface area contributed by atoms with Gasteiger partial charge < -0.3 is 4.90 Å². The Bertz CT molecular complexity index is 1130. The molecule has 158 valence electrons. The second-order valence-electron chi connectivity index (χ2n) is 7.32. The summed E-state index contributed by atoms with van der Waals surface area (Å²) < 4.78 is 14.8. The summed E-state index contributed by atoms with van der Waals surface area (Å²) in [5.41, 5.74) is 2.00. The molecule has 0 N–H and O–H groups in total. The van der Waals surface area contributed by atoms with Gasteiger partial charge in [0.1, 0.15) is 18.9 Å². The average Bonchev–Trinajstić information content (AvgIpc) is 3.25. The van der Waals surface area contributed by atoms with E-state index < -0.39 is 17.7 Å². The van der Waals surface area contributed by atoms with Crippen molar-refractivity contribution >= 4 is 17.7 Å². The number of hydrogen-bond donors (Lipinski definition) is 0. The standard InChI is InChI=1S/C22H20FN5O3/c1-15-11-17(7-8-18(15)23)28-12-19(24-25-28)22(31)26-13-20(29)27(21(30)14-26)10-9-16-5-3-2-4-6-16/h2-8,11-12H,9-10,13-14H2,1H3. The lowest BCUT2D eigenvalue weighted by molar-refractivity contribution is -0.150. The Kier molecular flexibility index (Phi) is 5.57. The van der Waals surface area contributed by atoms with Crippen molar-refractivity contribution in [3.05, 3.63) is 77.4 Å². The normalized spacial score (nSPS) is 14.3. The van der Waals surface area contributed by atoms with Gasteiger partial charge in [0.2, 0.25) is 11.8 Å². The largest absolute Gasteiger partial charge is 0.319 e. The van der Waals surface area contributed by atoms with Crippen molar-refractivity contribution < 1.29 is 18.8 Å². The third kappa shape index (κ3) is 4.35. The number of hydrogen-bond acceptors (Lipinski definition) is 5. The number of carbonyl (C=O) groups is 3. The predicted molar refractivity (Wildman–Crippen MR) is 109 cm³/mol. The van der Waals surface area contributed by atoms with Crippen LogP contribution in [0.15, 0.2) is 54.7 Å². The van der Waals surface area contributed by atoms with Gasteiger partial charge in [-0.25, -0.2) is 9.07 Å². The molecule has 1 aliphatic heterocycles. The number of rotatable bonds is 5. The highest BCUT2D eigenvalue weighted by Gasteiger charge is 2.34. The Morgan fingerprint density at radius 2 is 1.77 bits per heavy atom. The molecule has 1 saturated heterocycles. The highest BCUT2D eigenvalue weighted by molar-refractivity contribution is 6.05. The van der Waals surface area contributed by atoms with Crippen LogP contribution < -0.4 is 0 Å². The zero-order valence-electron chi connectivity index (χ0n) is 16.9. The molecule has 0 atom stereocenters. The fraction of sp³-hybridized carbons (Fsp3) is 0.227. The zero-order chi connectivity index (χ0) is 22.0. The van der Waals surface area contributed by atoms with Crippen LogP contribution in [-0.4, -0.2) is 62.1 Å². The first-order valence-electron chi connectivity index (χ1n) is 9.77. The van der Waals surface area contributed by atoms with E-state index in [2.05, 4.69) is 10.3 Å². The van der Waals surface area contributed by atoms with E-state index >= 15 is 0 Å². The minimum atomic E-state index is -0.561. The molecule has 2 heterocycles. The molecule has 31 heavy (non-hydrogen) atoms. The minimum Gasteiger partial charge on any atom is -0.319 e. The average molecular weight is 421 g/mol. The maximum Gasteiger partial charge on any atom is 0.276 e. The maximum absolute atomic E-state index is 13.5. The summed E-state index contributed by atoms with van der Waals surface area (Å²) in [7, 11) is 0.